The van der Waals surface area contributed by atoms with Crippen LogP contribution in [0, 0.1) is 5.92 Å². The molecule has 2 nitrogen and oxygen atoms in total. The Morgan fingerprint density at radius 3 is 2.65 bits per heavy atom. The number of unbranched alkanes of at least 4 members (excludes halogenated alkanes) is 2. The quantitative estimate of drug-likeness (QED) is 0.677. The van der Waals surface area contributed by atoms with E-state index in [0.29, 0.717) is 5.92 Å². The number of para-hydroxylation sites is 2. The smallest absolute Gasteiger partial charge is 0.142 e. The highest BCUT2D eigenvalue weighted by Gasteiger charge is 2.03. The van der Waals surface area contributed by atoms with Crippen LogP contribution in [-0.4, -0.2) is 13.2 Å². The highest BCUT2D eigenvalue weighted by molar-refractivity contribution is 5.56. The standard InChI is InChI=1S/C15H25NO/c1-4-5-8-11-16-14-9-6-7-10-15(14)17-12-13(2)3/h6-7,9-10,13,16H,4-5,8,11-12H2,1-3H3. The fraction of sp³-hybridized carbons (Fsp3) is 0.600. The van der Waals surface area contributed by atoms with Gasteiger partial charge in [-0.3, -0.25) is 0 Å². The summed E-state index contributed by atoms with van der Waals surface area (Å²) in [5.74, 6) is 1.53. The van der Waals surface area contributed by atoms with E-state index in [2.05, 4.69) is 32.2 Å². The molecule has 0 aromatic heterocycles. The summed E-state index contributed by atoms with van der Waals surface area (Å²) in [6.07, 6.45) is 3.75. The predicted octanol–water partition coefficient (Wildman–Crippen LogP) is 4.32. The van der Waals surface area contributed by atoms with Crippen LogP contribution in [0.25, 0.3) is 0 Å². The van der Waals surface area contributed by atoms with Crippen molar-refractivity contribution in [1.82, 2.24) is 0 Å². The zero-order chi connectivity index (χ0) is 12.5. The molecule has 2 heteroatoms. The van der Waals surface area contributed by atoms with Gasteiger partial charge in [0.25, 0.3) is 0 Å². The van der Waals surface area contributed by atoms with Gasteiger partial charge in [-0.05, 0) is 24.5 Å². The van der Waals surface area contributed by atoms with E-state index in [-0.39, 0.29) is 0 Å². The van der Waals surface area contributed by atoms with Crippen LogP contribution in [0.3, 0.4) is 0 Å². The third kappa shape index (κ3) is 5.62. The van der Waals surface area contributed by atoms with E-state index < -0.39 is 0 Å². The summed E-state index contributed by atoms with van der Waals surface area (Å²) in [7, 11) is 0. The van der Waals surface area contributed by atoms with Crippen LogP contribution >= 0.6 is 0 Å². The minimum absolute atomic E-state index is 0.558. The van der Waals surface area contributed by atoms with E-state index in [1.165, 1.54) is 19.3 Å². The fourth-order valence-electron chi connectivity index (χ4n) is 1.59. The molecule has 0 unspecified atom stereocenters. The van der Waals surface area contributed by atoms with E-state index >= 15 is 0 Å². The van der Waals surface area contributed by atoms with Gasteiger partial charge in [0.2, 0.25) is 0 Å². The maximum absolute atomic E-state index is 5.79. The van der Waals surface area contributed by atoms with Crippen LogP contribution in [0.15, 0.2) is 24.3 Å². The first-order chi connectivity index (χ1) is 8.24. The Balaban J connectivity index is 2.46. The number of anilines is 1. The normalized spacial score (nSPS) is 10.6. The van der Waals surface area contributed by atoms with Gasteiger partial charge in [0.1, 0.15) is 5.75 Å². The summed E-state index contributed by atoms with van der Waals surface area (Å²) >= 11 is 0. The van der Waals surface area contributed by atoms with Gasteiger partial charge >= 0.3 is 0 Å². The Kier molecular flexibility index (Phi) is 6.53. The van der Waals surface area contributed by atoms with Crippen LogP contribution in [0.2, 0.25) is 0 Å². The van der Waals surface area contributed by atoms with Crippen LogP contribution in [0.4, 0.5) is 5.69 Å². The highest BCUT2D eigenvalue weighted by atomic mass is 16.5. The van der Waals surface area contributed by atoms with Crippen LogP contribution in [0.5, 0.6) is 5.75 Å². The molecule has 0 saturated heterocycles. The maximum Gasteiger partial charge on any atom is 0.142 e. The molecule has 1 aromatic rings. The molecular formula is C15H25NO. The van der Waals surface area contributed by atoms with Crippen molar-refractivity contribution in [1.29, 1.82) is 0 Å². The van der Waals surface area contributed by atoms with Gasteiger partial charge in [-0.2, -0.15) is 0 Å². The summed E-state index contributed by atoms with van der Waals surface area (Å²) < 4.78 is 5.79. The van der Waals surface area contributed by atoms with Gasteiger partial charge in [-0.15, -0.1) is 0 Å². The molecule has 0 bridgehead atoms. The first-order valence-electron chi connectivity index (χ1n) is 6.69. The van der Waals surface area contributed by atoms with Gasteiger partial charge < -0.3 is 10.1 Å². The van der Waals surface area contributed by atoms with E-state index in [4.69, 9.17) is 4.74 Å². The SMILES string of the molecule is CCCCCNc1ccccc1OCC(C)C. The lowest BCUT2D eigenvalue weighted by Gasteiger charge is -2.14. The summed E-state index contributed by atoms with van der Waals surface area (Å²) in [5.41, 5.74) is 1.12. The van der Waals surface area contributed by atoms with Crippen molar-refractivity contribution in [2.45, 2.75) is 40.0 Å². The molecule has 0 fully saturated rings. The first-order valence-corrected chi connectivity index (χ1v) is 6.69. The van der Waals surface area contributed by atoms with Gasteiger partial charge in [-0.25, -0.2) is 0 Å². The predicted molar refractivity (Wildman–Crippen MR) is 74.8 cm³/mol. The second kappa shape index (κ2) is 7.99. The largest absolute Gasteiger partial charge is 0.491 e. The molecule has 1 aromatic carbocycles. The lowest BCUT2D eigenvalue weighted by Crippen LogP contribution is -2.08. The second-order valence-corrected chi connectivity index (χ2v) is 4.83. The van der Waals surface area contributed by atoms with Crippen molar-refractivity contribution in [3.05, 3.63) is 24.3 Å². The Labute approximate surface area is 105 Å². The van der Waals surface area contributed by atoms with Gasteiger partial charge in [-0.1, -0.05) is 45.7 Å². The maximum atomic E-state index is 5.79. The lowest BCUT2D eigenvalue weighted by atomic mass is 10.2. The Morgan fingerprint density at radius 2 is 1.94 bits per heavy atom. The van der Waals surface area contributed by atoms with E-state index in [1.807, 2.05) is 18.2 Å². The van der Waals surface area contributed by atoms with Crippen molar-refractivity contribution in [3.63, 3.8) is 0 Å². The lowest BCUT2D eigenvalue weighted by molar-refractivity contribution is 0.272. The molecule has 0 amide bonds. The number of nitrogens with one attached hydrogen (secondary N) is 1. The number of hydrogen-bond acceptors (Lipinski definition) is 2. The minimum Gasteiger partial charge on any atom is -0.491 e. The van der Waals surface area contributed by atoms with E-state index in [0.717, 1.165) is 24.6 Å². The van der Waals surface area contributed by atoms with Crippen LogP contribution in [-0.2, 0) is 0 Å². The van der Waals surface area contributed by atoms with Crippen molar-refractivity contribution in [3.8, 4) is 5.75 Å². The third-order valence-electron chi connectivity index (χ3n) is 2.56. The van der Waals surface area contributed by atoms with E-state index in [9.17, 15) is 0 Å². The molecular weight excluding hydrogens is 210 g/mol. The zero-order valence-electron chi connectivity index (χ0n) is 11.3. The number of ether oxygens (including phenoxy) is 1. The molecule has 17 heavy (non-hydrogen) atoms. The van der Waals surface area contributed by atoms with Crippen LogP contribution < -0.4 is 10.1 Å². The molecule has 1 rings (SSSR count). The Hall–Kier alpha value is -1.18. The number of hydrogen-bond donors (Lipinski definition) is 1. The molecule has 0 aliphatic heterocycles. The monoisotopic (exact) mass is 235 g/mol. The van der Waals surface area contributed by atoms with E-state index in [1.54, 1.807) is 0 Å². The number of rotatable bonds is 8. The van der Waals surface area contributed by atoms with Gasteiger partial charge in [0.05, 0.1) is 12.3 Å². The first kappa shape index (κ1) is 13.9. The Bertz CT molecular complexity index is 310. The third-order valence-corrected chi connectivity index (χ3v) is 2.56. The topological polar surface area (TPSA) is 21.3 Å². The molecule has 0 aliphatic rings. The zero-order valence-corrected chi connectivity index (χ0v) is 11.3. The van der Waals surface area contributed by atoms with Gasteiger partial charge in [0.15, 0.2) is 0 Å². The molecule has 0 radical (unpaired) electrons. The molecule has 96 valence electrons. The Morgan fingerprint density at radius 1 is 1.18 bits per heavy atom. The second-order valence-electron chi connectivity index (χ2n) is 4.83. The average molecular weight is 235 g/mol. The van der Waals surface area contributed by atoms with Crippen molar-refractivity contribution in [2.24, 2.45) is 5.92 Å². The van der Waals surface area contributed by atoms with Crippen molar-refractivity contribution in [2.75, 3.05) is 18.5 Å². The molecule has 0 spiro atoms. The average Bonchev–Trinajstić information content (AvgIpc) is 2.33. The number of benzene rings is 1. The minimum atomic E-state index is 0.558. The van der Waals surface area contributed by atoms with Gasteiger partial charge in [0, 0.05) is 6.54 Å². The summed E-state index contributed by atoms with van der Waals surface area (Å²) in [5, 5.41) is 3.45. The molecule has 1 N–H and O–H groups in total. The van der Waals surface area contributed by atoms with Crippen molar-refractivity contribution >= 4 is 5.69 Å². The highest BCUT2D eigenvalue weighted by Crippen LogP contribution is 2.24. The molecule has 0 heterocycles. The summed E-state index contributed by atoms with van der Waals surface area (Å²) in [6.45, 7) is 8.35. The fourth-order valence-corrected chi connectivity index (χ4v) is 1.59. The molecule has 0 atom stereocenters. The molecule has 0 aliphatic carbocycles. The van der Waals surface area contributed by atoms with Crippen LogP contribution in [0.1, 0.15) is 40.0 Å². The summed E-state index contributed by atoms with van der Waals surface area (Å²) in [6, 6.07) is 8.18. The molecule has 0 saturated carbocycles. The summed E-state index contributed by atoms with van der Waals surface area (Å²) in [4.78, 5) is 0. The van der Waals surface area contributed by atoms with Crippen molar-refractivity contribution < 1.29 is 4.74 Å².